The number of likely N-dealkylation sites (tertiary alicyclic amines) is 1. The molecule has 0 spiro atoms. The number of hydrogen-bond donors (Lipinski definition) is 1. The number of aliphatic carboxylic acids is 1. The van der Waals surface area contributed by atoms with Gasteiger partial charge in [0.1, 0.15) is 11.4 Å². The Balaban J connectivity index is 1.78. The van der Waals surface area contributed by atoms with Crippen LogP contribution in [0.1, 0.15) is 51.2 Å². The van der Waals surface area contributed by atoms with Gasteiger partial charge in [-0.25, -0.2) is 4.79 Å². The molecule has 0 radical (unpaired) electrons. The summed E-state index contributed by atoms with van der Waals surface area (Å²) in [7, 11) is 0. The Kier molecular flexibility index (Phi) is 7.11. The summed E-state index contributed by atoms with van der Waals surface area (Å²) in [5.74, 6) is 0.462. The summed E-state index contributed by atoms with van der Waals surface area (Å²) >= 11 is 0. The first kappa shape index (κ1) is 21.1. The number of aryl methyl sites for hydroxylation is 2. The molecule has 1 N–H and O–H groups in total. The van der Waals surface area contributed by atoms with Crippen LogP contribution in [-0.2, 0) is 16.0 Å². The SMILES string of the molecule is Cc1cc(CCC(=O)O)ccc1OCC1CCN(C(=O)OC(C)(C)C)CC1. The first-order chi connectivity index (χ1) is 12.6. The summed E-state index contributed by atoms with van der Waals surface area (Å²) in [5.41, 5.74) is 1.56. The molecule has 1 heterocycles. The molecule has 0 saturated carbocycles. The highest BCUT2D eigenvalue weighted by Crippen LogP contribution is 2.24. The lowest BCUT2D eigenvalue weighted by Gasteiger charge is -2.33. The smallest absolute Gasteiger partial charge is 0.410 e. The van der Waals surface area contributed by atoms with Crippen molar-refractivity contribution in [2.45, 2.75) is 59.0 Å². The fourth-order valence-corrected chi connectivity index (χ4v) is 3.10. The molecular weight excluding hydrogens is 346 g/mol. The Morgan fingerprint density at radius 1 is 1.22 bits per heavy atom. The average molecular weight is 377 g/mol. The average Bonchev–Trinajstić information content (AvgIpc) is 2.58. The fourth-order valence-electron chi connectivity index (χ4n) is 3.10. The van der Waals surface area contributed by atoms with Crippen molar-refractivity contribution in [3.63, 3.8) is 0 Å². The Hall–Kier alpha value is -2.24. The molecule has 1 saturated heterocycles. The molecule has 0 atom stereocenters. The number of carbonyl (C=O) groups excluding carboxylic acids is 1. The quantitative estimate of drug-likeness (QED) is 0.810. The van der Waals surface area contributed by atoms with Crippen molar-refractivity contribution in [3.05, 3.63) is 29.3 Å². The minimum atomic E-state index is -0.786. The largest absolute Gasteiger partial charge is 0.493 e. The van der Waals surface area contributed by atoms with Crippen LogP contribution in [0.5, 0.6) is 5.75 Å². The molecular formula is C21H31NO5. The van der Waals surface area contributed by atoms with Crippen LogP contribution >= 0.6 is 0 Å². The Labute approximate surface area is 161 Å². The molecule has 150 valence electrons. The maximum absolute atomic E-state index is 12.1. The summed E-state index contributed by atoms with van der Waals surface area (Å²) < 4.78 is 11.4. The zero-order valence-electron chi connectivity index (χ0n) is 16.8. The molecule has 2 rings (SSSR count). The second kappa shape index (κ2) is 9.11. The minimum Gasteiger partial charge on any atom is -0.493 e. The van der Waals surface area contributed by atoms with Crippen molar-refractivity contribution in [2.75, 3.05) is 19.7 Å². The first-order valence-corrected chi connectivity index (χ1v) is 9.56. The summed E-state index contributed by atoms with van der Waals surface area (Å²) in [6.07, 6.45) is 2.22. The molecule has 0 aromatic heterocycles. The number of benzene rings is 1. The Morgan fingerprint density at radius 2 is 1.89 bits per heavy atom. The van der Waals surface area contributed by atoms with E-state index in [0.717, 1.165) is 29.7 Å². The van der Waals surface area contributed by atoms with E-state index in [4.69, 9.17) is 14.6 Å². The highest BCUT2D eigenvalue weighted by Gasteiger charge is 2.27. The van der Waals surface area contributed by atoms with Crippen LogP contribution in [0.3, 0.4) is 0 Å². The van der Waals surface area contributed by atoms with Crippen molar-refractivity contribution in [3.8, 4) is 5.75 Å². The van der Waals surface area contributed by atoms with E-state index in [-0.39, 0.29) is 12.5 Å². The van der Waals surface area contributed by atoms with Crippen molar-refractivity contribution in [2.24, 2.45) is 5.92 Å². The van der Waals surface area contributed by atoms with E-state index in [2.05, 4.69) is 0 Å². The maximum atomic E-state index is 12.1. The predicted octanol–water partition coefficient (Wildman–Crippen LogP) is 4.04. The third-order valence-corrected chi connectivity index (χ3v) is 4.61. The minimum absolute atomic E-state index is 0.135. The van der Waals surface area contributed by atoms with Crippen LogP contribution in [-0.4, -0.2) is 47.4 Å². The molecule has 1 amide bonds. The topological polar surface area (TPSA) is 76.1 Å². The third-order valence-electron chi connectivity index (χ3n) is 4.61. The number of carboxylic acids is 1. The van der Waals surface area contributed by atoms with Crippen molar-refractivity contribution >= 4 is 12.1 Å². The normalized spacial score (nSPS) is 15.5. The third kappa shape index (κ3) is 7.12. The van der Waals surface area contributed by atoms with Crippen LogP contribution in [0.4, 0.5) is 4.79 Å². The number of amides is 1. The van der Waals surface area contributed by atoms with Crippen molar-refractivity contribution in [1.29, 1.82) is 0 Å². The monoisotopic (exact) mass is 377 g/mol. The molecule has 0 unspecified atom stereocenters. The summed E-state index contributed by atoms with van der Waals surface area (Å²) in [5, 5.41) is 8.78. The summed E-state index contributed by atoms with van der Waals surface area (Å²) in [6.45, 7) is 9.61. The lowest BCUT2D eigenvalue weighted by Crippen LogP contribution is -2.42. The number of carboxylic acid groups (broad SMARTS) is 1. The van der Waals surface area contributed by atoms with Gasteiger partial charge in [0.2, 0.25) is 0 Å². The highest BCUT2D eigenvalue weighted by molar-refractivity contribution is 5.68. The molecule has 0 aliphatic carbocycles. The number of rotatable bonds is 6. The zero-order valence-corrected chi connectivity index (χ0v) is 16.8. The summed E-state index contributed by atoms with van der Waals surface area (Å²) in [6, 6.07) is 5.84. The molecule has 1 aromatic carbocycles. The lowest BCUT2D eigenvalue weighted by molar-refractivity contribution is -0.136. The first-order valence-electron chi connectivity index (χ1n) is 9.56. The van der Waals surface area contributed by atoms with Gasteiger partial charge in [0.15, 0.2) is 0 Å². The van der Waals surface area contributed by atoms with E-state index in [1.165, 1.54) is 0 Å². The molecule has 1 aliphatic rings. The zero-order chi connectivity index (χ0) is 20.0. The van der Waals surface area contributed by atoms with Gasteiger partial charge in [-0.2, -0.15) is 0 Å². The van der Waals surface area contributed by atoms with Gasteiger partial charge in [-0.3, -0.25) is 4.79 Å². The molecule has 6 heteroatoms. The second-order valence-electron chi connectivity index (χ2n) is 8.22. The number of piperidine rings is 1. The van der Waals surface area contributed by atoms with Gasteiger partial charge in [0.05, 0.1) is 6.61 Å². The van der Waals surface area contributed by atoms with Gasteiger partial charge >= 0.3 is 12.1 Å². The molecule has 1 aliphatic heterocycles. The molecule has 1 aromatic rings. The van der Waals surface area contributed by atoms with E-state index in [1.54, 1.807) is 4.90 Å². The lowest BCUT2D eigenvalue weighted by atomic mass is 9.98. The molecule has 1 fully saturated rings. The van der Waals surface area contributed by atoms with E-state index in [1.807, 2.05) is 45.9 Å². The molecule has 6 nitrogen and oxygen atoms in total. The van der Waals surface area contributed by atoms with E-state index >= 15 is 0 Å². The fraction of sp³-hybridized carbons (Fsp3) is 0.619. The standard InChI is InChI=1S/C21H31NO5/c1-15-13-16(6-8-19(23)24)5-7-18(15)26-14-17-9-11-22(12-10-17)20(25)27-21(2,3)4/h5,7,13,17H,6,8-12,14H2,1-4H3,(H,23,24). The molecule has 0 bridgehead atoms. The number of ether oxygens (including phenoxy) is 2. The van der Waals surface area contributed by atoms with E-state index in [9.17, 15) is 9.59 Å². The number of carbonyl (C=O) groups is 2. The van der Waals surface area contributed by atoms with Gasteiger partial charge in [-0.05, 0) is 70.1 Å². The van der Waals surface area contributed by atoms with Gasteiger partial charge in [-0.15, -0.1) is 0 Å². The van der Waals surface area contributed by atoms with Gasteiger partial charge in [0, 0.05) is 19.5 Å². The van der Waals surface area contributed by atoms with Gasteiger partial charge in [-0.1, -0.05) is 12.1 Å². The van der Waals surface area contributed by atoms with Gasteiger partial charge in [0.25, 0.3) is 0 Å². The predicted molar refractivity (Wildman–Crippen MR) is 103 cm³/mol. The maximum Gasteiger partial charge on any atom is 0.410 e. The highest BCUT2D eigenvalue weighted by atomic mass is 16.6. The van der Waals surface area contributed by atoms with Crippen LogP contribution in [0.15, 0.2) is 18.2 Å². The van der Waals surface area contributed by atoms with Crippen LogP contribution in [0, 0.1) is 12.8 Å². The Bertz CT molecular complexity index is 657. The molecule has 27 heavy (non-hydrogen) atoms. The van der Waals surface area contributed by atoms with Crippen LogP contribution in [0.2, 0.25) is 0 Å². The van der Waals surface area contributed by atoms with Crippen molar-refractivity contribution in [1.82, 2.24) is 4.90 Å². The van der Waals surface area contributed by atoms with E-state index in [0.29, 0.717) is 32.0 Å². The van der Waals surface area contributed by atoms with Crippen LogP contribution < -0.4 is 4.74 Å². The van der Waals surface area contributed by atoms with Crippen molar-refractivity contribution < 1.29 is 24.2 Å². The van der Waals surface area contributed by atoms with Gasteiger partial charge < -0.3 is 19.5 Å². The van der Waals surface area contributed by atoms with Crippen LogP contribution in [0.25, 0.3) is 0 Å². The second-order valence-corrected chi connectivity index (χ2v) is 8.22. The number of hydrogen-bond acceptors (Lipinski definition) is 4. The Morgan fingerprint density at radius 3 is 2.44 bits per heavy atom. The van der Waals surface area contributed by atoms with E-state index < -0.39 is 11.6 Å². The number of nitrogens with zero attached hydrogens (tertiary/aromatic N) is 1. The summed E-state index contributed by atoms with van der Waals surface area (Å²) in [4.78, 5) is 24.6.